The van der Waals surface area contributed by atoms with Crippen LogP contribution in [0.25, 0.3) is 0 Å². The second-order valence-corrected chi connectivity index (χ2v) is 5.06. The molecule has 1 nitrogen and oxygen atoms in total. The summed E-state index contributed by atoms with van der Waals surface area (Å²) in [6, 6.07) is 0. The van der Waals surface area contributed by atoms with Gasteiger partial charge in [0.15, 0.2) is 0 Å². The van der Waals surface area contributed by atoms with E-state index >= 15 is 0 Å². The van der Waals surface area contributed by atoms with Crippen molar-refractivity contribution in [2.45, 2.75) is 20.0 Å². The Labute approximate surface area is 72.9 Å². The van der Waals surface area contributed by atoms with Gasteiger partial charge in [0.05, 0.1) is 12.7 Å². The van der Waals surface area contributed by atoms with Crippen molar-refractivity contribution >= 4 is 11.8 Å². The largest absolute Gasteiger partial charge is 0.377 e. The van der Waals surface area contributed by atoms with E-state index in [9.17, 15) is 0 Å². The van der Waals surface area contributed by atoms with E-state index in [0.29, 0.717) is 6.10 Å². The average molecular weight is 172 g/mol. The Kier molecular flexibility index (Phi) is 2.15. The molecule has 2 rings (SSSR count). The van der Waals surface area contributed by atoms with Gasteiger partial charge in [-0.05, 0) is 17.6 Å². The third-order valence-corrected chi connectivity index (χ3v) is 4.16. The molecule has 0 spiro atoms. The lowest BCUT2D eigenvalue weighted by atomic mass is 9.85. The molecular weight excluding hydrogens is 156 g/mol. The molecule has 0 radical (unpaired) electrons. The lowest BCUT2D eigenvalue weighted by molar-refractivity contribution is 0.114. The Bertz CT molecular complexity index is 146. The zero-order valence-corrected chi connectivity index (χ0v) is 8.06. The minimum absolute atomic E-state index is 0.604. The summed E-state index contributed by atoms with van der Waals surface area (Å²) in [7, 11) is 0. The molecule has 3 atom stereocenters. The molecule has 0 N–H and O–H groups in total. The lowest BCUT2D eigenvalue weighted by Crippen LogP contribution is -2.21. The van der Waals surface area contributed by atoms with Crippen LogP contribution in [0.3, 0.4) is 0 Å². The van der Waals surface area contributed by atoms with Gasteiger partial charge >= 0.3 is 0 Å². The predicted octanol–water partition coefficient (Wildman–Crippen LogP) is 2.02. The predicted molar refractivity (Wildman–Crippen MR) is 48.9 cm³/mol. The van der Waals surface area contributed by atoms with Crippen LogP contribution in [0, 0.1) is 17.8 Å². The van der Waals surface area contributed by atoms with Crippen LogP contribution in [0.1, 0.15) is 13.8 Å². The Balaban J connectivity index is 2.03. The van der Waals surface area contributed by atoms with E-state index in [1.165, 1.54) is 11.5 Å². The first-order valence-electron chi connectivity index (χ1n) is 4.48. The molecule has 0 saturated carbocycles. The van der Waals surface area contributed by atoms with Crippen molar-refractivity contribution in [2.24, 2.45) is 17.8 Å². The summed E-state index contributed by atoms with van der Waals surface area (Å²) in [4.78, 5) is 0. The van der Waals surface area contributed by atoms with Gasteiger partial charge in [-0.2, -0.15) is 11.8 Å². The Morgan fingerprint density at radius 1 is 1.36 bits per heavy atom. The van der Waals surface area contributed by atoms with Gasteiger partial charge in [-0.25, -0.2) is 0 Å². The number of hydrogen-bond donors (Lipinski definition) is 0. The zero-order chi connectivity index (χ0) is 7.84. The second kappa shape index (κ2) is 2.98. The van der Waals surface area contributed by atoms with Crippen LogP contribution in [0.2, 0.25) is 0 Å². The fourth-order valence-corrected chi connectivity index (χ4v) is 3.61. The third kappa shape index (κ3) is 1.31. The number of hydrogen-bond acceptors (Lipinski definition) is 2. The average Bonchev–Trinajstić information content (AvgIpc) is 2.41. The molecule has 2 heteroatoms. The topological polar surface area (TPSA) is 9.23 Å². The molecule has 2 heterocycles. The minimum atomic E-state index is 0.604. The van der Waals surface area contributed by atoms with Gasteiger partial charge in [-0.15, -0.1) is 0 Å². The van der Waals surface area contributed by atoms with Crippen molar-refractivity contribution in [1.29, 1.82) is 0 Å². The number of thioether (sulfide) groups is 1. The monoisotopic (exact) mass is 172 g/mol. The van der Waals surface area contributed by atoms with Gasteiger partial charge in [0.1, 0.15) is 0 Å². The highest BCUT2D eigenvalue weighted by atomic mass is 32.2. The highest BCUT2D eigenvalue weighted by molar-refractivity contribution is 7.99. The highest BCUT2D eigenvalue weighted by Crippen LogP contribution is 2.40. The van der Waals surface area contributed by atoms with E-state index in [4.69, 9.17) is 4.74 Å². The van der Waals surface area contributed by atoms with Crippen LogP contribution in [0.4, 0.5) is 0 Å². The quantitative estimate of drug-likeness (QED) is 0.598. The van der Waals surface area contributed by atoms with Crippen molar-refractivity contribution in [2.75, 3.05) is 18.1 Å². The second-order valence-electron chi connectivity index (χ2n) is 3.98. The standard InChI is InChI=1S/C9H16OS/c1-6(2)7-3-10-9-5-11-4-8(7)9/h6-9H,3-5H2,1-2H3. The number of rotatable bonds is 1. The summed E-state index contributed by atoms with van der Waals surface area (Å²) in [6.07, 6.45) is 0.604. The molecular formula is C9H16OS. The van der Waals surface area contributed by atoms with Crippen molar-refractivity contribution < 1.29 is 4.74 Å². The maximum absolute atomic E-state index is 5.73. The maximum Gasteiger partial charge on any atom is 0.0705 e. The SMILES string of the molecule is CC(C)C1COC2CSCC21. The van der Waals surface area contributed by atoms with E-state index in [0.717, 1.165) is 24.4 Å². The first kappa shape index (κ1) is 7.93. The lowest BCUT2D eigenvalue weighted by Gasteiger charge is -2.18. The van der Waals surface area contributed by atoms with E-state index in [1.807, 2.05) is 0 Å². The Morgan fingerprint density at radius 3 is 2.91 bits per heavy atom. The van der Waals surface area contributed by atoms with Crippen LogP contribution in [-0.4, -0.2) is 24.2 Å². The van der Waals surface area contributed by atoms with E-state index in [-0.39, 0.29) is 0 Å². The smallest absolute Gasteiger partial charge is 0.0705 e. The highest BCUT2D eigenvalue weighted by Gasteiger charge is 2.41. The summed E-state index contributed by atoms with van der Waals surface area (Å²) in [5.41, 5.74) is 0. The van der Waals surface area contributed by atoms with Crippen LogP contribution in [0.5, 0.6) is 0 Å². The normalized spacial score (nSPS) is 43.4. The third-order valence-electron chi connectivity index (χ3n) is 2.98. The number of fused-ring (bicyclic) bond motifs is 1. The molecule has 11 heavy (non-hydrogen) atoms. The fourth-order valence-electron chi connectivity index (χ4n) is 2.17. The molecule has 0 aromatic carbocycles. The first-order chi connectivity index (χ1) is 5.29. The molecule has 0 bridgehead atoms. The molecule has 0 aromatic rings. The molecule has 0 amide bonds. The van der Waals surface area contributed by atoms with Gasteiger partial charge in [-0.1, -0.05) is 13.8 Å². The summed E-state index contributed by atoms with van der Waals surface area (Å²) in [5.74, 6) is 5.11. The van der Waals surface area contributed by atoms with Gasteiger partial charge in [0.2, 0.25) is 0 Å². The Hall–Kier alpha value is 0.310. The van der Waals surface area contributed by atoms with Crippen LogP contribution < -0.4 is 0 Å². The maximum atomic E-state index is 5.73. The first-order valence-corrected chi connectivity index (χ1v) is 5.64. The summed E-state index contributed by atoms with van der Waals surface area (Å²) < 4.78 is 5.73. The summed E-state index contributed by atoms with van der Waals surface area (Å²) in [6.45, 7) is 5.66. The van der Waals surface area contributed by atoms with Crippen molar-refractivity contribution in [3.05, 3.63) is 0 Å². The molecule has 0 aliphatic carbocycles. The molecule has 0 aromatic heterocycles. The number of ether oxygens (including phenoxy) is 1. The van der Waals surface area contributed by atoms with Crippen LogP contribution >= 0.6 is 11.8 Å². The fraction of sp³-hybridized carbons (Fsp3) is 1.00. The van der Waals surface area contributed by atoms with Gasteiger partial charge in [0.25, 0.3) is 0 Å². The minimum Gasteiger partial charge on any atom is -0.377 e. The van der Waals surface area contributed by atoms with E-state index in [1.54, 1.807) is 0 Å². The molecule has 64 valence electrons. The van der Waals surface area contributed by atoms with Gasteiger partial charge in [-0.3, -0.25) is 0 Å². The molecule has 2 fully saturated rings. The van der Waals surface area contributed by atoms with Crippen molar-refractivity contribution in [3.8, 4) is 0 Å². The molecule has 2 aliphatic heterocycles. The molecule has 3 unspecified atom stereocenters. The molecule has 2 aliphatic rings. The summed E-state index contributed by atoms with van der Waals surface area (Å²) >= 11 is 2.06. The molecule has 2 saturated heterocycles. The van der Waals surface area contributed by atoms with Crippen molar-refractivity contribution in [1.82, 2.24) is 0 Å². The van der Waals surface area contributed by atoms with E-state index < -0.39 is 0 Å². The van der Waals surface area contributed by atoms with Crippen LogP contribution in [0.15, 0.2) is 0 Å². The Morgan fingerprint density at radius 2 is 2.18 bits per heavy atom. The van der Waals surface area contributed by atoms with Crippen molar-refractivity contribution in [3.63, 3.8) is 0 Å². The van der Waals surface area contributed by atoms with Gasteiger partial charge in [0, 0.05) is 11.7 Å². The zero-order valence-electron chi connectivity index (χ0n) is 7.25. The van der Waals surface area contributed by atoms with E-state index in [2.05, 4.69) is 25.6 Å². The summed E-state index contributed by atoms with van der Waals surface area (Å²) in [5, 5.41) is 0. The van der Waals surface area contributed by atoms with Crippen LogP contribution in [-0.2, 0) is 4.74 Å². The van der Waals surface area contributed by atoms with Gasteiger partial charge < -0.3 is 4.74 Å².